The van der Waals surface area contributed by atoms with Crippen molar-refractivity contribution in [1.82, 2.24) is 0 Å². The van der Waals surface area contributed by atoms with Crippen molar-refractivity contribution in [2.24, 2.45) is 0 Å². The van der Waals surface area contributed by atoms with Crippen molar-refractivity contribution in [1.29, 1.82) is 0 Å². The topological polar surface area (TPSA) is 83.5 Å². The molecule has 2 aromatic carbocycles. The van der Waals surface area contributed by atoms with Crippen LogP contribution in [0.1, 0.15) is 6.92 Å². The second-order valence-corrected chi connectivity index (χ2v) is 8.82. The van der Waals surface area contributed by atoms with Gasteiger partial charge in [0.15, 0.2) is 0 Å². The minimum Gasteiger partial charge on any atom is -0.284 e. The number of benzene rings is 2. The Kier molecular flexibility index (Phi) is 4.96. The maximum Gasteiger partial charge on any atom is 0.264 e. The summed E-state index contributed by atoms with van der Waals surface area (Å²) in [5.41, 5.74) is 0.737. The number of para-hydroxylation sites is 1. The molecule has 0 aliphatic heterocycles. The number of nitrogens with zero attached hydrogens (tertiary/aromatic N) is 1. The van der Waals surface area contributed by atoms with Gasteiger partial charge < -0.3 is 0 Å². The molecule has 0 unspecified atom stereocenters. The lowest BCUT2D eigenvalue weighted by Gasteiger charge is -2.20. The molecule has 0 aliphatic carbocycles. The summed E-state index contributed by atoms with van der Waals surface area (Å²) in [5.74, 6) is -0.0894. The summed E-state index contributed by atoms with van der Waals surface area (Å²) in [6, 6.07) is 14.4. The predicted molar refractivity (Wildman–Crippen MR) is 91.6 cm³/mol. The molecule has 0 bridgehead atoms. The van der Waals surface area contributed by atoms with Crippen molar-refractivity contribution in [2.45, 2.75) is 11.8 Å². The van der Waals surface area contributed by atoms with Crippen LogP contribution in [0.4, 0.5) is 11.4 Å². The second kappa shape index (κ2) is 6.59. The molecule has 23 heavy (non-hydrogen) atoms. The predicted octanol–water partition coefficient (Wildman–Crippen LogP) is 2.27. The normalized spacial score (nSPS) is 11.9. The molecule has 0 spiro atoms. The standard InChI is InChI=1S/C15H18N2O4S2/c1-3-22(18,19)16-13-8-7-11-15(12-13)23(20,21)17(2)14-9-5-4-6-10-14/h4-12,16H,3H2,1-2H3. The van der Waals surface area contributed by atoms with Gasteiger partial charge in [-0.25, -0.2) is 16.8 Å². The van der Waals surface area contributed by atoms with Gasteiger partial charge in [0.05, 0.1) is 16.3 Å². The molecule has 0 saturated heterocycles. The van der Waals surface area contributed by atoms with Crippen LogP contribution in [-0.2, 0) is 20.0 Å². The SMILES string of the molecule is CCS(=O)(=O)Nc1cccc(S(=O)(=O)N(C)c2ccccc2)c1. The molecule has 0 aromatic heterocycles. The third kappa shape index (κ3) is 4.02. The van der Waals surface area contributed by atoms with Gasteiger partial charge in [0.2, 0.25) is 10.0 Å². The van der Waals surface area contributed by atoms with Crippen LogP contribution in [-0.4, -0.2) is 29.6 Å². The number of hydrogen-bond donors (Lipinski definition) is 1. The van der Waals surface area contributed by atoms with Crippen LogP contribution in [0.5, 0.6) is 0 Å². The van der Waals surface area contributed by atoms with E-state index in [9.17, 15) is 16.8 Å². The van der Waals surface area contributed by atoms with E-state index in [0.29, 0.717) is 5.69 Å². The smallest absolute Gasteiger partial charge is 0.264 e. The molecule has 0 fully saturated rings. The summed E-state index contributed by atoms with van der Waals surface area (Å²) < 4.78 is 52.1. The zero-order chi connectivity index (χ0) is 17.1. The van der Waals surface area contributed by atoms with Crippen LogP contribution < -0.4 is 9.03 Å². The van der Waals surface area contributed by atoms with E-state index < -0.39 is 20.0 Å². The second-order valence-electron chi connectivity index (χ2n) is 4.84. The van der Waals surface area contributed by atoms with Crippen molar-refractivity contribution >= 4 is 31.4 Å². The van der Waals surface area contributed by atoms with Crippen LogP contribution in [0.25, 0.3) is 0 Å². The summed E-state index contributed by atoms with van der Waals surface area (Å²) in [5, 5.41) is 0. The Morgan fingerprint density at radius 2 is 1.61 bits per heavy atom. The minimum absolute atomic E-state index is 0.0140. The number of nitrogens with one attached hydrogen (secondary N) is 1. The van der Waals surface area contributed by atoms with E-state index in [-0.39, 0.29) is 16.3 Å². The Morgan fingerprint density at radius 1 is 0.957 bits per heavy atom. The van der Waals surface area contributed by atoms with Gasteiger partial charge in [-0.05, 0) is 37.3 Å². The van der Waals surface area contributed by atoms with E-state index in [0.717, 1.165) is 4.31 Å². The van der Waals surface area contributed by atoms with Crippen LogP contribution in [0, 0.1) is 0 Å². The Hall–Kier alpha value is -2.06. The highest BCUT2D eigenvalue weighted by Gasteiger charge is 2.21. The summed E-state index contributed by atoms with van der Waals surface area (Å²) in [6.07, 6.45) is 0. The first-order valence-electron chi connectivity index (χ1n) is 6.91. The lowest BCUT2D eigenvalue weighted by molar-refractivity contribution is 0.593. The average molecular weight is 354 g/mol. The molecule has 0 amide bonds. The first-order chi connectivity index (χ1) is 10.8. The Balaban J connectivity index is 2.38. The number of hydrogen-bond acceptors (Lipinski definition) is 4. The molecule has 6 nitrogen and oxygen atoms in total. The Labute approximate surface area is 136 Å². The van der Waals surface area contributed by atoms with Crippen LogP contribution >= 0.6 is 0 Å². The van der Waals surface area contributed by atoms with Gasteiger partial charge in [-0.3, -0.25) is 9.03 Å². The maximum atomic E-state index is 12.7. The fourth-order valence-electron chi connectivity index (χ4n) is 1.91. The fraction of sp³-hybridized carbons (Fsp3) is 0.200. The van der Waals surface area contributed by atoms with Crippen molar-refractivity contribution in [3.05, 3.63) is 54.6 Å². The van der Waals surface area contributed by atoms with Gasteiger partial charge in [0.1, 0.15) is 0 Å². The Bertz CT molecular complexity index is 879. The van der Waals surface area contributed by atoms with E-state index in [4.69, 9.17) is 0 Å². The molecule has 2 aromatic rings. The summed E-state index contributed by atoms with van der Waals surface area (Å²) >= 11 is 0. The van der Waals surface area contributed by atoms with Crippen molar-refractivity contribution in [3.8, 4) is 0 Å². The van der Waals surface area contributed by atoms with E-state index in [1.165, 1.54) is 38.2 Å². The van der Waals surface area contributed by atoms with Gasteiger partial charge in [0.25, 0.3) is 10.0 Å². The quantitative estimate of drug-likeness (QED) is 0.862. The van der Waals surface area contributed by atoms with Crippen molar-refractivity contribution < 1.29 is 16.8 Å². The zero-order valence-corrected chi connectivity index (χ0v) is 14.4. The van der Waals surface area contributed by atoms with Gasteiger partial charge in [-0.2, -0.15) is 0 Å². The lowest BCUT2D eigenvalue weighted by atomic mass is 10.3. The summed E-state index contributed by atoms with van der Waals surface area (Å²) in [6.45, 7) is 1.51. The summed E-state index contributed by atoms with van der Waals surface area (Å²) in [7, 11) is -5.79. The zero-order valence-electron chi connectivity index (χ0n) is 12.8. The largest absolute Gasteiger partial charge is 0.284 e. The van der Waals surface area contributed by atoms with Gasteiger partial charge in [-0.15, -0.1) is 0 Å². The molecule has 0 atom stereocenters. The molecule has 0 radical (unpaired) electrons. The van der Waals surface area contributed by atoms with Crippen LogP contribution in [0.2, 0.25) is 0 Å². The molecule has 2 rings (SSSR count). The van der Waals surface area contributed by atoms with E-state index in [1.807, 2.05) is 0 Å². The van der Waals surface area contributed by atoms with Crippen molar-refractivity contribution in [3.63, 3.8) is 0 Å². The highest BCUT2D eigenvalue weighted by molar-refractivity contribution is 7.93. The van der Waals surface area contributed by atoms with E-state index >= 15 is 0 Å². The molecule has 124 valence electrons. The molecular formula is C15H18N2O4S2. The van der Waals surface area contributed by atoms with E-state index in [1.54, 1.807) is 30.3 Å². The third-order valence-corrected chi connectivity index (χ3v) is 6.35. The lowest BCUT2D eigenvalue weighted by Crippen LogP contribution is -2.26. The van der Waals surface area contributed by atoms with Gasteiger partial charge in [0, 0.05) is 12.7 Å². The van der Waals surface area contributed by atoms with Gasteiger partial charge >= 0.3 is 0 Å². The van der Waals surface area contributed by atoms with E-state index in [2.05, 4.69) is 4.72 Å². The maximum absolute atomic E-state index is 12.7. The number of sulfonamides is 2. The average Bonchev–Trinajstić information content (AvgIpc) is 2.55. The number of anilines is 2. The third-order valence-electron chi connectivity index (χ3n) is 3.27. The first kappa shape index (κ1) is 17.3. The molecule has 1 N–H and O–H groups in total. The molecule has 8 heteroatoms. The van der Waals surface area contributed by atoms with Crippen LogP contribution in [0.3, 0.4) is 0 Å². The van der Waals surface area contributed by atoms with Crippen LogP contribution in [0.15, 0.2) is 59.5 Å². The number of rotatable bonds is 6. The highest BCUT2D eigenvalue weighted by atomic mass is 32.2. The Morgan fingerprint density at radius 3 is 2.22 bits per heavy atom. The summed E-state index contributed by atoms with van der Waals surface area (Å²) in [4.78, 5) is 0.0140. The molecular weight excluding hydrogens is 336 g/mol. The molecule has 0 heterocycles. The van der Waals surface area contributed by atoms with Crippen molar-refractivity contribution in [2.75, 3.05) is 21.8 Å². The van der Waals surface area contributed by atoms with Gasteiger partial charge in [-0.1, -0.05) is 24.3 Å². The monoisotopic (exact) mass is 354 g/mol. The highest BCUT2D eigenvalue weighted by Crippen LogP contribution is 2.24. The minimum atomic E-state index is -3.78. The molecule has 0 aliphatic rings. The molecule has 0 saturated carbocycles. The fourth-order valence-corrected chi connectivity index (χ4v) is 3.78. The first-order valence-corrected chi connectivity index (χ1v) is 10.00.